The number of halogens is 1. The Kier molecular flexibility index (Phi) is 5.37. The first-order valence-corrected chi connectivity index (χ1v) is 9.05. The van der Waals surface area contributed by atoms with Gasteiger partial charge in [-0.05, 0) is 51.1 Å². The highest BCUT2D eigenvalue weighted by Gasteiger charge is 2.38. The monoisotopic (exact) mass is 374 g/mol. The lowest BCUT2D eigenvalue weighted by Crippen LogP contribution is -2.48. The number of ether oxygens (including phenoxy) is 2. The van der Waals surface area contributed by atoms with Gasteiger partial charge in [0.25, 0.3) is 5.91 Å². The van der Waals surface area contributed by atoms with E-state index in [1.54, 1.807) is 43.0 Å². The molecule has 0 spiro atoms. The largest absolute Gasteiger partial charge is 0.478 e. The third-order valence-electron chi connectivity index (χ3n) is 4.28. The van der Waals surface area contributed by atoms with Crippen LogP contribution >= 0.6 is 11.6 Å². The minimum Gasteiger partial charge on any atom is -0.478 e. The van der Waals surface area contributed by atoms with Crippen LogP contribution in [0.5, 0.6) is 11.6 Å². The second-order valence-electron chi connectivity index (χ2n) is 6.96. The van der Waals surface area contributed by atoms with Gasteiger partial charge in [0.2, 0.25) is 5.88 Å². The maximum absolute atomic E-state index is 12.9. The number of nitrogens with zero attached hydrogens (tertiary/aromatic N) is 2. The molecule has 0 saturated carbocycles. The predicted molar refractivity (Wildman–Crippen MR) is 101 cm³/mol. The summed E-state index contributed by atoms with van der Waals surface area (Å²) in [5.74, 6) is 1.15. The van der Waals surface area contributed by atoms with Gasteiger partial charge in [-0.15, -0.1) is 0 Å². The van der Waals surface area contributed by atoms with Gasteiger partial charge >= 0.3 is 0 Å². The fraction of sp³-hybridized carbons (Fsp3) is 0.400. The Bertz CT molecular complexity index is 777. The Labute approximate surface area is 158 Å². The number of pyridine rings is 1. The molecule has 1 unspecified atom stereocenters. The Morgan fingerprint density at radius 3 is 2.65 bits per heavy atom. The summed E-state index contributed by atoms with van der Waals surface area (Å²) in [6.45, 7) is 6.65. The third-order valence-corrected chi connectivity index (χ3v) is 4.54. The van der Waals surface area contributed by atoms with E-state index in [4.69, 9.17) is 21.1 Å². The Morgan fingerprint density at radius 2 is 1.96 bits per heavy atom. The van der Waals surface area contributed by atoms with E-state index >= 15 is 0 Å². The van der Waals surface area contributed by atoms with Crippen molar-refractivity contribution in [1.82, 2.24) is 9.88 Å². The van der Waals surface area contributed by atoms with E-state index in [0.717, 1.165) is 12.1 Å². The number of amides is 1. The van der Waals surface area contributed by atoms with Crippen LogP contribution in [-0.4, -0.2) is 40.6 Å². The van der Waals surface area contributed by atoms with Gasteiger partial charge in [0.15, 0.2) is 5.60 Å². The summed E-state index contributed by atoms with van der Waals surface area (Å²) in [5.41, 5.74) is -0.0597. The van der Waals surface area contributed by atoms with Crippen LogP contribution in [0.4, 0.5) is 0 Å². The summed E-state index contributed by atoms with van der Waals surface area (Å²) in [4.78, 5) is 19.0. The highest BCUT2D eigenvalue weighted by atomic mass is 35.5. The normalized spacial score (nSPS) is 17.2. The predicted octanol–water partition coefficient (Wildman–Crippen LogP) is 3.88. The van der Waals surface area contributed by atoms with E-state index in [1.807, 2.05) is 25.1 Å². The van der Waals surface area contributed by atoms with Crippen molar-refractivity contribution in [1.29, 1.82) is 0 Å². The number of carbonyl (C=O) groups excluding carboxylic acids is 1. The number of carbonyl (C=O) groups is 1. The smallest absolute Gasteiger partial charge is 0.266 e. The van der Waals surface area contributed by atoms with Crippen molar-refractivity contribution in [3.8, 4) is 11.6 Å². The highest BCUT2D eigenvalue weighted by Crippen LogP contribution is 2.25. The topological polar surface area (TPSA) is 51.7 Å². The maximum atomic E-state index is 12.9. The molecule has 2 heterocycles. The molecule has 26 heavy (non-hydrogen) atoms. The number of hydrogen-bond acceptors (Lipinski definition) is 4. The van der Waals surface area contributed by atoms with Crippen molar-refractivity contribution in [3.63, 3.8) is 0 Å². The molecule has 0 N–H and O–H groups in total. The van der Waals surface area contributed by atoms with Crippen molar-refractivity contribution in [2.75, 3.05) is 13.1 Å². The average Bonchev–Trinajstić information content (AvgIpc) is 3.04. The molecule has 1 aromatic carbocycles. The van der Waals surface area contributed by atoms with Crippen molar-refractivity contribution in [2.24, 2.45) is 0 Å². The van der Waals surface area contributed by atoms with Crippen LogP contribution in [0.3, 0.4) is 0 Å². The van der Waals surface area contributed by atoms with Gasteiger partial charge in [0.05, 0.1) is 6.54 Å². The van der Waals surface area contributed by atoms with Gasteiger partial charge in [-0.25, -0.2) is 4.98 Å². The number of aromatic nitrogens is 1. The lowest BCUT2D eigenvalue weighted by molar-refractivity contribution is -0.144. The minimum atomic E-state index is -0.968. The van der Waals surface area contributed by atoms with Crippen molar-refractivity contribution >= 4 is 17.5 Å². The van der Waals surface area contributed by atoms with Crippen molar-refractivity contribution in [2.45, 2.75) is 38.9 Å². The van der Waals surface area contributed by atoms with Gasteiger partial charge < -0.3 is 14.4 Å². The number of aryl methyl sites for hydroxylation is 1. The molecular weight excluding hydrogens is 352 g/mol. The molecule has 2 aromatic rings. The first-order chi connectivity index (χ1) is 12.3. The zero-order chi connectivity index (χ0) is 18.7. The minimum absolute atomic E-state index is 0.0559. The summed E-state index contributed by atoms with van der Waals surface area (Å²) in [7, 11) is 0. The van der Waals surface area contributed by atoms with Crippen LogP contribution in [0.25, 0.3) is 0 Å². The molecule has 1 aliphatic rings. The van der Waals surface area contributed by atoms with Gasteiger partial charge in [0.1, 0.15) is 11.9 Å². The Balaban J connectivity index is 1.60. The van der Waals surface area contributed by atoms with Crippen molar-refractivity contribution in [3.05, 3.63) is 53.2 Å². The number of rotatable bonds is 5. The molecule has 1 saturated heterocycles. The lowest BCUT2D eigenvalue weighted by atomic mass is 10.1. The molecule has 1 atom stereocenters. The summed E-state index contributed by atoms with van der Waals surface area (Å²) < 4.78 is 11.8. The molecule has 0 bridgehead atoms. The van der Waals surface area contributed by atoms with Crippen LogP contribution < -0.4 is 9.47 Å². The second kappa shape index (κ2) is 7.54. The summed E-state index contributed by atoms with van der Waals surface area (Å²) >= 11 is 5.89. The molecule has 6 heteroatoms. The van der Waals surface area contributed by atoms with E-state index in [2.05, 4.69) is 4.98 Å². The van der Waals surface area contributed by atoms with E-state index in [1.165, 1.54) is 0 Å². The summed E-state index contributed by atoms with van der Waals surface area (Å²) in [5, 5.41) is 0.630. The molecule has 1 aromatic heterocycles. The van der Waals surface area contributed by atoms with Crippen LogP contribution in [0.2, 0.25) is 5.02 Å². The van der Waals surface area contributed by atoms with Crippen LogP contribution in [0, 0.1) is 6.92 Å². The summed E-state index contributed by atoms with van der Waals surface area (Å²) in [6, 6.07) is 12.7. The molecule has 5 nitrogen and oxygen atoms in total. The highest BCUT2D eigenvalue weighted by molar-refractivity contribution is 6.30. The molecular formula is C20H23ClN2O3. The SMILES string of the molecule is Cc1cccc(OC2CCN(C(=O)C(C)(C)Oc3ccc(Cl)cc3)C2)n1. The van der Waals surface area contributed by atoms with Gasteiger partial charge in [-0.2, -0.15) is 0 Å². The van der Waals surface area contributed by atoms with E-state index < -0.39 is 5.60 Å². The number of hydrogen-bond donors (Lipinski definition) is 0. The van der Waals surface area contributed by atoms with E-state index in [9.17, 15) is 4.79 Å². The van der Waals surface area contributed by atoms with E-state index in [0.29, 0.717) is 29.7 Å². The second-order valence-corrected chi connectivity index (χ2v) is 7.40. The van der Waals surface area contributed by atoms with Gasteiger partial charge in [0, 0.05) is 29.7 Å². The van der Waals surface area contributed by atoms with Crippen LogP contribution in [0.1, 0.15) is 26.0 Å². The van der Waals surface area contributed by atoms with Crippen LogP contribution in [-0.2, 0) is 4.79 Å². The quantitative estimate of drug-likeness (QED) is 0.796. The molecule has 0 radical (unpaired) electrons. The first-order valence-electron chi connectivity index (χ1n) is 8.68. The average molecular weight is 375 g/mol. The molecule has 3 rings (SSSR count). The Morgan fingerprint density at radius 1 is 1.23 bits per heavy atom. The van der Waals surface area contributed by atoms with E-state index in [-0.39, 0.29) is 12.0 Å². The fourth-order valence-corrected chi connectivity index (χ4v) is 3.11. The number of likely N-dealkylation sites (tertiary alicyclic amines) is 1. The lowest BCUT2D eigenvalue weighted by Gasteiger charge is -2.30. The summed E-state index contributed by atoms with van der Waals surface area (Å²) in [6.07, 6.45) is 0.720. The molecule has 1 aliphatic heterocycles. The van der Waals surface area contributed by atoms with Gasteiger partial charge in [-0.3, -0.25) is 4.79 Å². The zero-order valence-corrected chi connectivity index (χ0v) is 16.0. The fourth-order valence-electron chi connectivity index (χ4n) is 2.98. The van der Waals surface area contributed by atoms with Gasteiger partial charge in [-0.1, -0.05) is 17.7 Å². The first kappa shape index (κ1) is 18.5. The zero-order valence-electron chi connectivity index (χ0n) is 15.2. The molecule has 1 fully saturated rings. The maximum Gasteiger partial charge on any atom is 0.266 e. The molecule has 1 amide bonds. The molecule has 0 aliphatic carbocycles. The van der Waals surface area contributed by atoms with Crippen molar-refractivity contribution < 1.29 is 14.3 Å². The van der Waals surface area contributed by atoms with Crippen LogP contribution in [0.15, 0.2) is 42.5 Å². The molecule has 138 valence electrons. The standard InChI is InChI=1S/C20H23ClN2O3/c1-14-5-4-6-18(22-14)25-17-11-12-23(13-17)19(24)20(2,3)26-16-9-7-15(21)8-10-16/h4-10,17H,11-13H2,1-3H3. The number of benzene rings is 1. The Hall–Kier alpha value is -2.27. The third kappa shape index (κ3) is 4.47.